The topological polar surface area (TPSA) is 49.4 Å². The highest BCUT2D eigenvalue weighted by Crippen LogP contribution is 2.18. The van der Waals surface area contributed by atoms with Crippen LogP contribution in [0, 0.1) is 0 Å². The molecule has 0 radical (unpaired) electrons. The van der Waals surface area contributed by atoms with E-state index in [4.69, 9.17) is 0 Å². The summed E-state index contributed by atoms with van der Waals surface area (Å²) in [6, 6.07) is 15.1. The number of thioether (sulfide) groups is 1. The Morgan fingerprint density at radius 2 is 1.56 bits per heavy atom. The van der Waals surface area contributed by atoms with Crippen LogP contribution in [0.1, 0.15) is 24.0 Å². The van der Waals surface area contributed by atoms with Crippen molar-refractivity contribution in [2.24, 2.45) is 0 Å². The first-order chi connectivity index (χ1) is 12.1. The van der Waals surface area contributed by atoms with Crippen molar-refractivity contribution in [3.05, 3.63) is 59.7 Å². The quantitative estimate of drug-likeness (QED) is 0.752. The van der Waals surface area contributed by atoms with Gasteiger partial charge in [0.15, 0.2) is 0 Å². The second-order valence-electron chi connectivity index (χ2n) is 6.30. The molecule has 134 valence electrons. The predicted octanol–water partition coefficient (Wildman–Crippen LogP) is 3.48. The van der Waals surface area contributed by atoms with Gasteiger partial charge in [0.1, 0.15) is 0 Å². The first-order valence-corrected chi connectivity index (χ1v) is 11.2. The van der Waals surface area contributed by atoms with Gasteiger partial charge in [-0.2, -0.15) is 0 Å². The Morgan fingerprint density at radius 3 is 2.16 bits per heavy atom. The normalized spacial score (nSPS) is 15.6. The molecule has 6 heteroatoms. The first-order valence-electron chi connectivity index (χ1n) is 8.51. The number of nitrogens with one attached hydrogen (secondary N) is 1. The van der Waals surface area contributed by atoms with E-state index < -0.39 is 10.0 Å². The molecule has 0 aromatic heterocycles. The standard InChI is InChI=1S/C19H24N2O2S2/c1-24-18-8-10-19(11-9-18)25(22,23)20-14-16-4-6-17(7-5-16)15-21-12-2-3-13-21/h4-11,20H,2-3,12-15H2,1H3. The summed E-state index contributed by atoms with van der Waals surface area (Å²) in [6.07, 6.45) is 4.55. The van der Waals surface area contributed by atoms with E-state index in [1.54, 1.807) is 23.9 Å². The van der Waals surface area contributed by atoms with Crippen molar-refractivity contribution in [1.82, 2.24) is 9.62 Å². The van der Waals surface area contributed by atoms with E-state index in [1.807, 2.05) is 30.5 Å². The van der Waals surface area contributed by atoms with Crippen molar-refractivity contribution >= 4 is 21.8 Å². The van der Waals surface area contributed by atoms with Gasteiger partial charge >= 0.3 is 0 Å². The highest BCUT2D eigenvalue weighted by atomic mass is 32.2. The molecule has 2 aromatic carbocycles. The van der Waals surface area contributed by atoms with Crippen LogP contribution in [0.3, 0.4) is 0 Å². The van der Waals surface area contributed by atoms with Gasteiger partial charge < -0.3 is 0 Å². The number of hydrogen-bond donors (Lipinski definition) is 1. The Balaban J connectivity index is 1.58. The molecule has 0 aliphatic carbocycles. The summed E-state index contributed by atoms with van der Waals surface area (Å²) in [5.41, 5.74) is 2.25. The fraction of sp³-hybridized carbons (Fsp3) is 0.368. The maximum atomic E-state index is 12.4. The SMILES string of the molecule is CSc1ccc(S(=O)(=O)NCc2ccc(CN3CCCC3)cc2)cc1. The average molecular weight is 377 g/mol. The summed E-state index contributed by atoms with van der Waals surface area (Å²) >= 11 is 1.59. The fourth-order valence-corrected chi connectivity index (χ4v) is 4.40. The molecule has 0 saturated carbocycles. The van der Waals surface area contributed by atoms with Crippen molar-refractivity contribution in [1.29, 1.82) is 0 Å². The number of sulfonamides is 1. The lowest BCUT2D eigenvalue weighted by molar-refractivity contribution is 0.331. The van der Waals surface area contributed by atoms with Crippen molar-refractivity contribution in [3.8, 4) is 0 Å². The molecular formula is C19H24N2O2S2. The van der Waals surface area contributed by atoms with Crippen molar-refractivity contribution in [2.75, 3.05) is 19.3 Å². The van der Waals surface area contributed by atoms with E-state index in [1.165, 1.54) is 31.5 Å². The maximum Gasteiger partial charge on any atom is 0.240 e. The minimum absolute atomic E-state index is 0.302. The molecule has 2 aromatic rings. The van der Waals surface area contributed by atoms with Gasteiger partial charge in [0.05, 0.1) is 4.90 Å². The predicted molar refractivity (Wildman–Crippen MR) is 103 cm³/mol. The molecule has 1 aliphatic rings. The Morgan fingerprint density at radius 1 is 0.960 bits per heavy atom. The molecule has 0 amide bonds. The summed E-state index contributed by atoms with van der Waals surface area (Å²) in [5, 5.41) is 0. The van der Waals surface area contributed by atoms with Gasteiger partial charge in [0, 0.05) is 18.0 Å². The van der Waals surface area contributed by atoms with Crippen LogP contribution in [0.5, 0.6) is 0 Å². The number of rotatable bonds is 7. The van der Waals surface area contributed by atoms with Crippen LogP contribution in [-0.2, 0) is 23.1 Å². The number of nitrogens with zero attached hydrogens (tertiary/aromatic N) is 1. The summed E-state index contributed by atoms with van der Waals surface area (Å²) in [4.78, 5) is 3.80. The maximum absolute atomic E-state index is 12.4. The molecule has 4 nitrogen and oxygen atoms in total. The van der Waals surface area contributed by atoms with Crippen LogP contribution < -0.4 is 4.72 Å². The van der Waals surface area contributed by atoms with Gasteiger partial charge in [-0.05, 0) is 67.6 Å². The van der Waals surface area contributed by atoms with E-state index in [9.17, 15) is 8.42 Å². The van der Waals surface area contributed by atoms with Crippen molar-refractivity contribution in [2.45, 2.75) is 35.7 Å². The molecule has 3 rings (SSSR count). The second kappa shape index (κ2) is 8.36. The van der Waals surface area contributed by atoms with Gasteiger partial charge in [0.25, 0.3) is 0 Å². The summed E-state index contributed by atoms with van der Waals surface area (Å²) < 4.78 is 27.4. The second-order valence-corrected chi connectivity index (χ2v) is 8.95. The third-order valence-corrected chi connectivity index (χ3v) is 6.62. The minimum atomic E-state index is -3.48. The lowest BCUT2D eigenvalue weighted by Crippen LogP contribution is -2.23. The van der Waals surface area contributed by atoms with E-state index in [-0.39, 0.29) is 0 Å². The summed E-state index contributed by atoms with van der Waals surface area (Å²) in [7, 11) is -3.48. The highest BCUT2D eigenvalue weighted by Gasteiger charge is 2.14. The fourth-order valence-electron chi connectivity index (χ4n) is 2.98. The average Bonchev–Trinajstić information content (AvgIpc) is 3.14. The van der Waals surface area contributed by atoms with Crippen LogP contribution in [0.15, 0.2) is 58.3 Å². The Hall–Kier alpha value is -1.34. The molecule has 0 unspecified atom stereocenters. The molecule has 1 heterocycles. The number of benzene rings is 2. The van der Waals surface area contributed by atoms with Gasteiger partial charge in [0.2, 0.25) is 10.0 Å². The summed E-state index contributed by atoms with van der Waals surface area (Å²) in [5.74, 6) is 0. The molecule has 1 fully saturated rings. The molecular weight excluding hydrogens is 352 g/mol. The van der Waals surface area contributed by atoms with Crippen LogP contribution >= 0.6 is 11.8 Å². The zero-order valence-electron chi connectivity index (χ0n) is 14.4. The molecule has 0 bridgehead atoms. The third-order valence-electron chi connectivity index (χ3n) is 4.46. The molecule has 1 aliphatic heterocycles. The Bertz CT molecular complexity index is 781. The third kappa shape index (κ3) is 5.07. The van der Waals surface area contributed by atoms with Crippen LogP contribution in [0.2, 0.25) is 0 Å². The van der Waals surface area contributed by atoms with Crippen molar-refractivity contribution < 1.29 is 8.42 Å². The lowest BCUT2D eigenvalue weighted by Gasteiger charge is -2.14. The van der Waals surface area contributed by atoms with Gasteiger partial charge in [-0.25, -0.2) is 13.1 Å². The van der Waals surface area contributed by atoms with Gasteiger partial charge in [-0.15, -0.1) is 11.8 Å². The van der Waals surface area contributed by atoms with E-state index >= 15 is 0 Å². The van der Waals surface area contributed by atoms with E-state index in [2.05, 4.69) is 21.8 Å². The monoisotopic (exact) mass is 376 g/mol. The Kier molecular flexibility index (Phi) is 6.17. The van der Waals surface area contributed by atoms with E-state index in [0.717, 1.165) is 17.0 Å². The zero-order valence-corrected chi connectivity index (χ0v) is 16.1. The van der Waals surface area contributed by atoms with E-state index in [0.29, 0.717) is 11.4 Å². The van der Waals surface area contributed by atoms with Crippen LogP contribution in [0.25, 0.3) is 0 Å². The number of likely N-dealkylation sites (tertiary alicyclic amines) is 1. The molecule has 0 spiro atoms. The van der Waals surface area contributed by atoms with Crippen LogP contribution in [-0.4, -0.2) is 32.7 Å². The largest absolute Gasteiger partial charge is 0.299 e. The number of hydrogen-bond acceptors (Lipinski definition) is 4. The Labute approximate surface area is 154 Å². The molecule has 0 atom stereocenters. The van der Waals surface area contributed by atoms with Gasteiger partial charge in [-0.3, -0.25) is 4.90 Å². The van der Waals surface area contributed by atoms with Gasteiger partial charge in [-0.1, -0.05) is 24.3 Å². The lowest BCUT2D eigenvalue weighted by atomic mass is 10.1. The zero-order chi connectivity index (χ0) is 17.7. The first kappa shape index (κ1) is 18.5. The van der Waals surface area contributed by atoms with Crippen LogP contribution in [0.4, 0.5) is 0 Å². The smallest absolute Gasteiger partial charge is 0.240 e. The molecule has 1 saturated heterocycles. The van der Waals surface area contributed by atoms with Crippen molar-refractivity contribution in [3.63, 3.8) is 0 Å². The molecule has 1 N–H and O–H groups in total. The molecule has 25 heavy (non-hydrogen) atoms. The highest BCUT2D eigenvalue weighted by molar-refractivity contribution is 7.98. The summed E-state index contributed by atoms with van der Waals surface area (Å²) in [6.45, 7) is 3.64. The minimum Gasteiger partial charge on any atom is -0.299 e.